The van der Waals surface area contributed by atoms with Crippen molar-refractivity contribution in [1.29, 1.82) is 0 Å². The molecular weight excluding hydrogens is 361 g/mol. The van der Waals surface area contributed by atoms with E-state index in [9.17, 15) is 18.3 Å². The van der Waals surface area contributed by atoms with Gasteiger partial charge in [-0.1, -0.05) is 6.07 Å². The predicted molar refractivity (Wildman–Crippen MR) is 98.8 cm³/mol. The van der Waals surface area contributed by atoms with Crippen LogP contribution in [0.15, 0.2) is 23.6 Å². The number of aliphatic hydroxyl groups is 1. The largest absolute Gasteiger partial charge is 0.416 e. The molecule has 1 aromatic carbocycles. The Kier molecular flexibility index (Phi) is 4.88. The fourth-order valence-electron chi connectivity index (χ4n) is 4.19. The van der Waals surface area contributed by atoms with E-state index in [4.69, 9.17) is 0 Å². The number of fused-ring (bicyclic) bond motifs is 1. The minimum atomic E-state index is -4.29. The minimum absolute atomic E-state index is 0.125. The van der Waals surface area contributed by atoms with Crippen molar-refractivity contribution < 1.29 is 18.3 Å². The van der Waals surface area contributed by atoms with Crippen LogP contribution in [0.5, 0.6) is 0 Å². The number of piperazine rings is 1. The SMILES string of the molecule is OC1CCC(CN2CCN(c3csc4cc(C(F)(F)F)ccc34)CC2)C1. The molecule has 0 amide bonds. The molecule has 2 aliphatic rings. The molecule has 1 saturated carbocycles. The molecule has 0 radical (unpaired) electrons. The summed E-state index contributed by atoms with van der Waals surface area (Å²) in [5, 5.41) is 12.6. The fourth-order valence-corrected chi connectivity index (χ4v) is 5.20. The van der Waals surface area contributed by atoms with Crippen molar-refractivity contribution in [2.24, 2.45) is 5.92 Å². The van der Waals surface area contributed by atoms with Gasteiger partial charge in [0.25, 0.3) is 0 Å². The molecule has 2 aromatic rings. The number of nitrogens with zero attached hydrogens (tertiary/aromatic N) is 2. The molecular formula is C19H23F3N2OS. The third-order valence-electron chi connectivity index (χ3n) is 5.63. The summed E-state index contributed by atoms with van der Waals surface area (Å²) in [6.07, 6.45) is -1.47. The number of hydrogen-bond acceptors (Lipinski definition) is 4. The van der Waals surface area contributed by atoms with Crippen LogP contribution in [-0.2, 0) is 6.18 Å². The number of aliphatic hydroxyl groups excluding tert-OH is 1. The maximum absolute atomic E-state index is 12.9. The van der Waals surface area contributed by atoms with E-state index in [0.29, 0.717) is 10.6 Å². The number of hydrogen-bond donors (Lipinski definition) is 1. The van der Waals surface area contributed by atoms with Crippen LogP contribution in [0.1, 0.15) is 24.8 Å². The van der Waals surface area contributed by atoms with E-state index in [-0.39, 0.29) is 6.10 Å². The van der Waals surface area contributed by atoms with E-state index in [0.717, 1.165) is 63.1 Å². The first-order valence-electron chi connectivity index (χ1n) is 9.14. The van der Waals surface area contributed by atoms with Crippen LogP contribution >= 0.6 is 11.3 Å². The fraction of sp³-hybridized carbons (Fsp3) is 0.579. The van der Waals surface area contributed by atoms with Crippen molar-refractivity contribution in [3.05, 3.63) is 29.1 Å². The topological polar surface area (TPSA) is 26.7 Å². The Labute approximate surface area is 155 Å². The molecule has 2 unspecified atom stereocenters. The first-order valence-corrected chi connectivity index (χ1v) is 10.0. The molecule has 0 spiro atoms. The van der Waals surface area contributed by atoms with Crippen LogP contribution in [-0.4, -0.2) is 48.8 Å². The quantitative estimate of drug-likeness (QED) is 0.859. The Morgan fingerprint density at radius 2 is 1.88 bits per heavy atom. The van der Waals surface area contributed by atoms with Gasteiger partial charge in [-0.3, -0.25) is 4.90 Å². The van der Waals surface area contributed by atoms with E-state index < -0.39 is 11.7 Å². The van der Waals surface area contributed by atoms with Crippen LogP contribution in [0.25, 0.3) is 10.1 Å². The average Bonchev–Trinajstić information content (AvgIpc) is 3.20. The molecule has 1 N–H and O–H groups in total. The zero-order valence-corrected chi connectivity index (χ0v) is 15.3. The van der Waals surface area contributed by atoms with Gasteiger partial charge >= 0.3 is 6.18 Å². The summed E-state index contributed by atoms with van der Waals surface area (Å²) in [5.41, 5.74) is 0.469. The molecule has 26 heavy (non-hydrogen) atoms. The smallest absolute Gasteiger partial charge is 0.393 e. The van der Waals surface area contributed by atoms with Gasteiger partial charge in [0.1, 0.15) is 0 Å². The van der Waals surface area contributed by atoms with Crippen LogP contribution < -0.4 is 4.90 Å². The summed E-state index contributed by atoms with van der Waals surface area (Å²) >= 11 is 1.38. The monoisotopic (exact) mass is 384 g/mol. The Balaban J connectivity index is 1.41. The predicted octanol–water partition coefficient (Wildman–Crippen LogP) is 4.20. The average molecular weight is 384 g/mol. The molecule has 1 saturated heterocycles. The summed E-state index contributed by atoms with van der Waals surface area (Å²) in [6.45, 7) is 4.75. The van der Waals surface area contributed by atoms with Crippen LogP contribution in [0.4, 0.5) is 18.9 Å². The summed E-state index contributed by atoms with van der Waals surface area (Å²) in [6, 6.07) is 4.04. The molecule has 2 heterocycles. The summed E-state index contributed by atoms with van der Waals surface area (Å²) < 4.78 is 39.3. The lowest BCUT2D eigenvalue weighted by Crippen LogP contribution is -2.47. The van der Waals surface area contributed by atoms with Gasteiger partial charge < -0.3 is 10.0 Å². The van der Waals surface area contributed by atoms with Crippen molar-refractivity contribution in [2.75, 3.05) is 37.6 Å². The molecule has 1 aromatic heterocycles. The van der Waals surface area contributed by atoms with Crippen molar-refractivity contribution in [2.45, 2.75) is 31.5 Å². The molecule has 3 nitrogen and oxygen atoms in total. The molecule has 2 atom stereocenters. The van der Waals surface area contributed by atoms with Crippen LogP contribution in [0.3, 0.4) is 0 Å². The lowest BCUT2D eigenvalue weighted by molar-refractivity contribution is -0.137. The molecule has 0 bridgehead atoms. The summed E-state index contributed by atoms with van der Waals surface area (Å²) in [5.74, 6) is 0.597. The van der Waals surface area contributed by atoms with Gasteiger partial charge in [-0.15, -0.1) is 11.3 Å². The molecule has 7 heteroatoms. The van der Waals surface area contributed by atoms with Gasteiger partial charge in [-0.05, 0) is 37.3 Å². The maximum Gasteiger partial charge on any atom is 0.416 e. The second-order valence-corrected chi connectivity index (χ2v) is 8.36. The standard InChI is InChI=1S/C19H23F3N2OS/c20-19(21,22)14-2-4-16-17(12-26-18(16)10-14)24-7-5-23(6-8-24)11-13-1-3-15(25)9-13/h2,4,10,12-13,15,25H,1,3,5-9,11H2. The van der Waals surface area contributed by atoms with Crippen molar-refractivity contribution in [1.82, 2.24) is 4.90 Å². The molecule has 2 fully saturated rings. The number of anilines is 1. The van der Waals surface area contributed by atoms with Gasteiger partial charge in [0, 0.05) is 48.2 Å². The van der Waals surface area contributed by atoms with Gasteiger partial charge in [0.2, 0.25) is 0 Å². The van der Waals surface area contributed by atoms with Gasteiger partial charge in [-0.2, -0.15) is 13.2 Å². The maximum atomic E-state index is 12.9. The summed E-state index contributed by atoms with van der Waals surface area (Å²) in [7, 11) is 0. The molecule has 4 rings (SSSR count). The van der Waals surface area contributed by atoms with Gasteiger partial charge in [0.05, 0.1) is 17.4 Å². The second-order valence-electron chi connectivity index (χ2n) is 7.45. The van der Waals surface area contributed by atoms with E-state index in [2.05, 4.69) is 9.80 Å². The Hall–Kier alpha value is -1.31. The lowest BCUT2D eigenvalue weighted by atomic mass is 10.1. The Bertz CT molecular complexity index is 768. The Morgan fingerprint density at radius 1 is 1.12 bits per heavy atom. The highest BCUT2D eigenvalue weighted by molar-refractivity contribution is 7.17. The number of benzene rings is 1. The van der Waals surface area contributed by atoms with Gasteiger partial charge in [0.15, 0.2) is 0 Å². The second kappa shape index (κ2) is 7.02. The van der Waals surface area contributed by atoms with Crippen LogP contribution in [0.2, 0.25) is 0 Å². The van der Waals surface area contributed by atoms with E-state index in [1.54, 1.807) is 6.07 Å². The summed E-state index contributed by atoms with van der Waals surface area (Å²) in [4.78, 5) is 4.74. The Morgan fingerprint density at radius 3 is 2.54 bits per heavy atom. The molecule has 1 aliphatic heterocycles. The third kappa shape index (κ3) is 3.70. The molecule has 1 aliphatic carbocycles. The van der Waals surface area contributed by atoms with Crippen molar-refractivity contribution in [3.8, 4) is 0 Å². The van der Waals surface area contributed by atoms with Gasteiger partial charge in [-0.25, -0.2) is 0 Å². The lowest BCUT2D eigenvalue weighted by Gasteiger charge is -2.37. The zero-order chi connectivity index (χ0) is 18.3. The normalized spacial score (nSPS) is 25.3. The van der Waals surface area contributed by atoms with E-state index >= 15 is 0 Å². The zero-order valence-electron chi connectivity index (χ0n) is 14.5. The highest BCUT2D eigenvalue weighted by Crippen LogP contribution is 2.38. The van der Waals surface area contributed by atoms with Crippen LogP contribution in [0, 0.1) is 5.92 Å². The van der Waals surface area contributed by atoms with Crippen molar-refractivity contribution in [3.63, 3.8) is 0 Å². The number of alkyl halides is 3. The number of thiophene rings is 1. The minimum Gasteiger partial charge on any atom is -0.393 e. The highest BCUT2D eigenvalue weighted by atomic mass is 32.1. The van der Waals surface area contributed by atoms with E-state index in [1.807, 2.05) is 5.38 Å². The molecule has 142 valence electrons. The first kappa shape index (κ1) is 18.1. The van der Waals surface area contributed by atoms with E-state index in [1.165, 1.54) is 23.5 Å². The highest BCUT2D eigenvalue weighted by Gasteiger charge is 2.31. The number of halogens is 3. The number of rotatable bonds is 3. The first-order chi connectivity index (χ1) is 12.4. The van der Waals surface area contributed by atoms with Crippen molar-refractivity contribution >= 4 is 27.1 Å². The third-order valence-corrected chi connectivity index (χ3v) is 6.56.